The van der Waals surface area contributed by atoms with Crippen LogP contribution in [0.5, 0.6) is 5.75 Å². The van der Waals surface area contributed by atoms with Crippen molar-refractivity contribution in [3.63, 3.8) is 0 Å². The molecule has 0 unspecified atom stereocenters. The van der Waals surface area contributed by atoms with Gasteiger partial charge in [0.2, 0.25) is 5.91 Å². The maximum Gasteiger partial charge on any atom is 0.223 e. The molecule has 0 saturated heterocycles. The number of benzene rings is 1. The molecule has 0 heterocycles. The van der Waals surface area contributed by atoms with E-state index < -0.39 is 0 Å². The summed E-state index contributed by atoms with van der Waals surface area (Å²) >= 11 is 0. The quantitative estimate of drug-likeness (QED) is 0.408. The lowest BCUT2D eigenvalue weighted by atomic mass is 10.1. The monoisotopic (exact) mass is 362 g/mol. The van der Waals surface area contributed by atoms with Gasteiger partial charge >= 0.3 is 0 Å². The predicted octanol–water partition coefficient (Wildman–Crippen LogP) is 4.39. The van der Waals surface area contributed by atoms with E-state index in [2.05, 4.69) is 27.0 Å². The SMILES string of the molecule is C=CC(=C)CN(Cc1ccc(OCC(C)C)cc1)C(=O)CCCN(C)F. The van der Waals surface area contributed by atoms with Gasteiger partial charge in [0.25, 0.3) is 0 Å². The predicted molar refractivity (Wildman–Crippen MR) is 105 cm³/mol. The van der Waals surface area contributed by atoms with Gasteiger partial charge in [-0.1, -0.05) is 45.2 Å². The summed E-state index contributed by atoms with van der Waals surface area (Å²) in [5.41, 5.74) is 1.78. The summed E-state index contributed by atoms with van der Waals surface area (Å²) in [5, 5.41) is 0.593. The Morgan fingerprint density at radius 2 is 1.96 bits per heavy atom. The van der Waals surface area contributed by atoms with Crippen LogP contribution in [0.25, 0.3) is 0 Å². The molecule has 0 aromatic heterocycles. The molecule has 144 valence electrons. The maximum atomic E-state index is 12.8. The van der Waals surface area contributed by atoms with Gasteiger partial charge in [0, 0.05) is 33.1 Å². The Kier molecular flexibility index (Phi) is 9.66. The summed E-state index contributed by atoms with van der Waals surface area (Å²) in [6.45, 7) is 13.6. The fraction of sp³-hybridized carbons (Fsp3) is 0.476. The van der Waals surface area contributed by atoms with Gasteiger partial charge < -0.3 is 9.64 Å². The minimum absolute atomic E-state index is 0.0185. The van der Waals surface area contributed by atoms with Crippen LogP contribution in [0.2, 0.25) is 0 Å². The second-order valence-electron chi connectivity index (χ2n) is 6.89. The van der Waals surface area contributed by atoms with Crippen LogP contribution in [0.15, 0.2) is 49.1 Å². The Morgan fingerprint density at radius 3 is 2.50 bits per heavy atom. The zero-order chi connectivity index (χ0) is 19.5. The molecule has 1 aromatic carbocycles. The number of carbonyl (C=O) groups excluding carboxylic acids is 1. The van der Waals surface area contributed by atoms with Crippen molar-refractivity contribution in [2.75, 3.05) is 26.7 Å². The van der Waals surface area contributed by atoms with Crippen LogP contribution in [0.3, 0.4) is 0 Å². The number of ether oxygens (including phenoxy) is 1. The van der Waals surface area contributed by atoms with Crippen LogP contribution in [-0.4, -0.2) is 42.7 Å². The first kappa shape index (κ1) is 21.9. The van der Waals surface area contributed by atoms with Crippen LogP contribution in [-0.2, 0) is 11.3 Å². The molecular formula is C21H31FN2O2. The third kappa shape index (κ3) is 8.81. The van der Waals surface area contributed by atoms with E-state index in [1.165, 1.54) is 7.05 Å². The maximum absolute atomic E-state index is 12.8. The first-order chi connectivity index (χ1) is 12.3. The molecule has 0 saturated carbocycles. The van der Waals surface area contributed by atoms with Gasteiger partial charge in [-0.2, -0.15) is 0 Å². The fourth-order valence-corrected chi connectivity index (χ4v) is 2.32. The number of hydrogen-bond donors (Lipinski definition) is 0. The molecule has 0 atom stereocenters. The highest BCUT2D eigenvalue weighted by atomic mass is 19.2. The molecule has 1 rings (SSSR count). The third-order valence-corrected chi connectivity index (χ3v) is 3.77. The highest BCUT2D eigenvalue weighted by Crippen LogP contribution is 2.16. The largest absolute Gasteiger partial charge is 0.493 e. The van der Waals surface area contributed by atoms with E-state index >= 15 is 0 Å². The lowest BCUT2D eigenvalue weighted by Gasteiger charge is -2.23. The fourth-order valence-electron chi connectivity index (χ4n) is 2.32. The zero-order valence-corrected chi connectivity index (χ0v) is 16.2. The van der Waals surface area contributed by atoms with Crippen molar-refractivity contribution in [2.24, 2.45) is 5.92 Å². The zero-order valence-electron chi connectivity index (χ0n) is 16.2. The Morgan fingerprint density at radius 1 is 1.31 bits per heavy atom. The Labute approximate surface area is 156 Å². The van der Waals surface area contributed by atoms with Crippen LogP contribution in [0, 0.1) is 5.92 Å². The normalized spacial score (nSPS) is 10.8. The van der Waals surface area contributed by atoms with Gasteiger partial charge in [-0.3, -0.25) is 4.79 Å². The molecule has 0 bridgehead atoms. The Hall–Kier alpha value is -2.14. The minimum atomic E-state index is -0.0185. The molecule has 0 aliphatic carbocycles. The lowest BCUT2D eigenvalue weighted by Crippen LogP contribution is -2.32. The number of hydrogen-bond acceptors (Lipinski definition) is 3. The second-order valence-corrected chi connectivity index (χ2v) is 6.89. The molecule has 1 aromatic rings. The minimum Gasteiger partial charge on any atom is -0.493 e. The third-order valence-electron chi connectivity index (χ3n) is 3.77. The van der Waals surface area contributed by atoms with Gasteiger partial charge in [-0.25, -0.2) is 0 Å². The summed E-state index contributed by atoms with van der Waals surface area (Å²) in [5.74, 6) is 1.27. The van der Waals surface area contributed by atoms with E-state index in [1.807, 2.05) is 24.3 Å². The van der Waals surface area contributed by atoms with Crippen LogP contribution >= 0.6 is 0 Å². The summed E-state index contributed by atoms with van der Waals surface area (Å²) in [6.07, 6.45) is 2.43. The van der Waals surface area contributed by atoms with Crippen molar-refractivity contribution < 1.29 is 14.0 Å². The van der Waals surface area contributed by atoms with Gasteiger partial charge in [-0.15, -0.1) is 9.60 Å². The molecular weight excluding hydrogens is 331 g/mol. The van der Waals surface area contributed by atoms with Crippen molar-refractivity contribution in [1.29, 1.82) is 0 Å². The molecule has 0 N–H and O–H groups in total. The summed E-state index contributed by atoms with van der Waals surface area (Å²) in [4.78, 5) is 14.2. The van der Waals surface area contributed by atoms with Crippen LogP contribution in [0.4, 0.5) is 4.48 Å². The first-order valence-electron chi connectivity index (χ1n) is 8.98. The van der Waals surface area contributed by atoms with E-state index in [0.29, 0.717) is 43.6 Å². The average molecular weight is 362 g/mol. The van der Waals surface area contributed by atoms with E-state index in [4.69, 9.17) is 4.74 Å². The molecule has 5 heteroatoms. The van der Waals surface area contributed by atoms with Crippen molar-refractivity contribution >= 4 is 5.91 Å². The summed E-state index contributed by atoms with van der Waals surface area (Å²) < 4.78 is 18.5. The number of amides is 1. The topological polar surface area (TPSA) is 32.8 Å². The van der Waals surface area contributed by atoms with Gasteiger partial charge in [0.1, 0.15) is 5.75 Å². The molecule has 0 aliphatic rings. The van der Waals surface area contributed by atoms with Crippen molar-refractivity contribution in [1.82, 2.24) is 10.0 Å². The molecule has 4 nitrogen and oxygen atoms in total. The molecule has 0 radical (unpaired) electrons. The van der Waals surface area contributed by atoms with Crippen LogP contribution in [0.1, 0.15) is 32.3 Å². The van der Waals surface area contributed by atoms with Crippen molar-refractivity contribution in [2.45, 2.75) is 33.2 Å². The summed E-state index contributed by atoms with van der Waals surface area (Å²) in [7, 11) is 1.35. The summed E-state index contributed by atoms with van der Waals surface area (Å²) in [6, 6.07) is 7.76. The number of carbonyl (C=O) groups is 1. The molecule has 1 amide bonds. The Balaban J connectivity index is 2.70. The van der Waals surface area contributed by atoms with Gasteiger partial charge in [0.15, 0.2) is 0 Å². The standard InChI is InChI=1S/C21H31FN2O2/c1-6-18(4)14-24(21(25)8-7-13-23(5)22)15-19-9-11-20(12-10-19)26-16-17(2)3/h6,9-12,17H,1,4,7-8,13-16H2,2-3,5H3. The highest BCUT2D eigenvalue weighted by Gasteiger charge is 2.15. The van der Waals surface area contributed by atoms with E-state index in [0.717, 1.165) is 16.9 Å². The van der Waals surface area contributed by atoms with E-state index in [9.17, 15) is 9.28 Å². The van der Waals surface area contributed by atoms with Gasteiger partial charge in [-0.05, 0) is 35.6 Å². The molecule has 0 spiro atoms. The lowest BCUT2D eigenvalue weighted by molar-refractivity contribution is -0.131. The smallest absolute Gasteiger partial charge is 0.223 e. The number of nitrogens with zero attached hydrogens (tertiary/aromatic N) is 2. The van der Waals surface area contributed by atoms with E-state index in [1.54, 1.807) is 11.0 Å². The Bertz CT molecular complexity index is 582. The molecule has 0 aliphatic heterocycles. The van der Waals surface area contributed by atoms with Crippen molar-refractivity contribution in [3.8, 4) is 5.75 Å². The molecule has 0 fully saturated rings. The van der Waals surface area contributed by atoms with E-state index in [-0.39, 0.29) is 12.5 Å². The highest BCUT2D eigenvalue weighted by molar-refractivity contribution is 5.76. The van der Waals surface area contributed by atoms with Gasteiger partial charge in [0.05, 0.1) is 6.61 Å². The first-order valence-corrected chi connectivity index (χ1v) is 8.98. The van der Waals surface area contributed by atoms with Crippen LogP contribution < -0.4 is 4.74 Å². The average Bonchev–Trinajstić information content (AvgIpc) is 2.59. The second kappa shape index (κ2) is 11.5. The molecule has 26 heavy (non-hydrogen) atoms. The number of halogens is 1. The van der Waals surface area contributed by atoms with Crippen molar-refractivity contribution in [3.05, 3.63) is 54.6 Å². The number of rotatable bonds is 12.